The number of rotatable bonds is 8. The largest absolute Gasteiger partial charge is 0.493 e. The van der Waals surface area contributed by atoms with Crippen molar-refractivity contribution in [2.75, 3.05) is 25.4 Å². The lowest BCUT2D eigenvalue weighted by molar-refractivity contribution is 0.324. The molecule has 21 heavy (non-hydrogen) atoms. The molecule has 0 aliphatic carbocycles. The van der Waals surface area contributed by atoms with Gasteiger partial charge < -0.3 is 15.0 Å². The molecule has 1 aromatic heterocycles. The van der Waals surface area contributed by atoms with E-state index in [4.69, 9.17) is 0 Å². The van der Waals surface area contributed by atoms with Gasteiger partial charge in [0.05, 0.1) is 5.56 Å². The van der Waals surface area contributed by atoms with Crippen LogP contribution in [-0.2, 0) is 6.42 Å². The van der Waals surface area contributed by atoms with E-state index in [1.165, 1.54) is 11.8 Å². The Morgan fingerprint density at radius 3 is 2.43 bits per heavy atom. The highest BCUT2D eigenvalue weighted by molar-refractivity contribution is 7.99. The Kier molecular flexibility index (Phi) is 9.74. The standard InChI is InChI=1S/C14H25N3O2S.ClH/c1-5-17(6-2)7-8-20-14-15-12(18)11(9-10(3)4)13(19)16-14;/h10H,5-9H2,1-4H3,(H2,15,16,18,19);1H. The zero-order valence-electron chi connectivity index (χ0n) is 13.2. The number of aromatic amines is 1. The van der Waals surface area contributed by atoms with Gasteiger partial charge in [0, 0.05) is 12.3 Å². The van der Waals surface area contributed by atoms with Gasteiger partial charge in [-0.15, -0.1) is 12.4 Å². The minimum atomic E-state index is -0.225. The number of thioether (sulfide) groups is 1. The van der Waals surface area contributed by atoms with Crippen molar-refractivity contribution in [2.24, 2.45) is 5.92 Å². The highest BCUT2D eigenvalue weighted by Crippen LogP contribution is 2.18. The zero-order valence-corrected chi connectivity index (χ0v) is 14.8. The molecule has 2 N–H and O–H groups in total. The summed E-state index contributed by atoms with van der Waals surface area (Å²) in [5, 5.41) is 10.4. The topological polar surface area (TPSA) is 69.2 Å². The molecule has 0 unspecified atom stereocenters. The Labute approximate surface area is 137 Å². The fraction of sp³-hybridized carbons (Fsp3) is 0.714. The molecule has 0 aliphatic rings. The molecule has 0 spiro atoms. The lowest BCUT2D eigenvalue weighted by Crippen LogP contribution is -2.25. The summed E-state index contributed by atoms with van der Waals surface area (Å²) in [6.45, 7) is 11.2. The van der Waals surface area contributed by atoms with Gasteiger partial charge in [-0.3, -0.25) is 4.79 Å². The molecule has 0 aliphatic heterocycles. The van der Waals surface area contributed by atoms with Crippen molar-refractivity contribution in [2.45, 2.75) is 39.3 Å². The predicted molar refractivity (Wildman–Crippen MR) is 90.8 cm³/mol. The number of aromatic nitrogens is 2. The monoisotopic (exact) mass is 335 g/mol. The first-order valence-corrected chi connectivity index (χ1v) is 8.13. The van der Waals surface area contributed by atoms with Crippen molar-refractivity contribution in [3.05, 3.63) is 15.9 Å². The summed E-state index contributed by atoms with van der Waals surface area (Å²) >= 11 is 1.47. The van der Waals surface area contributed by atoms with Gasteiger partial charge in [0.15, 0.2) is 5.16 Å². The first kappa shape index (κ1) is 20.3. The Balaban J connectivity index is 0.00000400. The number of aromatic hydroxyl groups is 1. The molecular formula is C14H26ClN3O2S. The maximum atomic E-state index is 11.9. The summed E-state index contributed by atoms with van der Waals surface area (Å²) in [4.78, 5) is 21.1. The predicted octanol–water partition coefficient (Wildman–Crippen LogP) is 2.53. The third kappa shape index (κ3) is 6.72. The molecule has 0 amide bonds. The fourth-order valence-corrected chi connectivity index (χ4v) is 2.80. The SMILES string of the molecule is CCN(CC)CCSc1nc(O)c(CC(C)C)c(=O)[nH]1.Cl. The minimum Gasteiger partial charge on any atom is -0.493 e. The highest BCUT2D eigenvalue weighted by atomic mass is 35.5. The van der Waals surface area contributed by atoms with Crippen LogP contribution in [-0.4, -0.2) is 45.4 Å². The smallest absolute Gasteiger partial charge is 0.258 e. The van der Waals surface area contributed by atoms with Gasteiger partial charge in [-0.25, -0.2) is 0 Å². The number of H-pyrrole nitrogens is 1. The van der Waals surface area contributed by atoms with Gasteiger partial charge in [-0.05, 0) is 25.4 Å². The Morgan fingerprint density at radius 2 is 1.95 bits per heavy atom. The molecule has 0 aromatic carbocycles. The normalized spacial score (nSPS) is 11.0. The summed E-state index contributed by atoms with van der Waals surface area (Å²) in [5.74, 6) is 1.02. The third-order valence-electron chi connectivity index (χ3n) is 3.13. The molecule has 0 bridgehead atoms. The quantitative estimate of drug-likeness (QED) is 0.564. The Bertz CT molecular complexity index is 476. The van der Waals surface area contributed by atoms with Crippen LogP contribution in [0, 0.1) is 5.92 Å². The lowest BCUT2D eigenvalue weighted by Gasteiger charge is -2.17. The average Bonchev–Trinajstić information content (AvgIpc) is 2.39. The van der Waals surface area contributed by atoms with Gasteiger partial charge in [0.2, 0.25) is 5.88 Å². The lowest BCUT2D eigenvalue weighted by atomic mass is 10.1. The van der Waals surface area contributed by atoms with Gasteiger partial charge in [0.1, 0.15) is 0 Å². The van der Waals surface area contributed by atoms with Crippen LogP contribution in [0.25, 0.3) is 0 Å². The van der Waals surface area contributed by atoms with Crippen molar-refractivity contribution < 1.29 is 5.11 Å². The number of hydrogen-bond acceptors (Lipinski definition) is 5. The number of hydrogen-bond donors (Lipinski definition) is 2. The minimum absolute atomic E-state index is 0. The summed E-state index contributed by atoms with van der Waals surface area (Å²) in [7, 11) is 0. The van der Waals surface area contributed by atoms with Crippen molar-refractivity contribution in [1.29, 1.82) is 0 Å². The van der Waals surface area contributed by atoms with E-state index < -0.39 is 0 Å². The van der Waals surface area contributed by atoms with E-state index in [1.54, 1.807) is 0 Å². The molecule has 0 saturated heterocycles. The van der Waals surface area contributed by atoms with Crippen molar-refractivity contribution in [1.82, 2.24) is 14.9 Å². The molecule has 1 heterocycles. The van der Waals surface area contributed by atoms with E-state index in [9.17, 15) is 9.90 Å². The second-order valence-electron chi connectivity index (χ2n) is 5.15. The van der Waals surface area contributed by atoms with E-state index in [0.717, 1.165) is 25.4 Å². The molecule has 0 radical (unpaired) electrons. The second kappa shape index (κ2) is 10.1. The second-order valence-corrected chi connectivity index (χ2v) is 6.23. The van der Waals surface area contributed by atoms with E-state index >= 15 is 0 Å². The summed E-state index contributed by atoms with van der Waals surface area (Å²) in [6.07, 6.45) is 0.540. The van der Waals surface area contributed by atoms with Crippen molar-refractivity contribution >= 4 is 24.2 Å². The maximum absolute atomic E-state index is 11.9. The van der Waals surface area contributed by atoms with Crippen molar-refractivity contribution in [3.63, 3.8) is 0 Å². The van der Waals surface area contributed by atoms with E-state index in [2.05, 4.69) is 28.7 Å². The third-order valence-corrected chi connectivity index (χ3v) is 3.98. The van der Waals surface area contributed by atoms with Gasteiger partial charge in [-0.1, -0.05) is 39.5 Å². The molecule has 1 aromatic rings. The molecule has 122 valence electrons. The van der Waals surface area contributed by atoms with Gasteiger partial charge >= 0.3 is 0 Å². The number of nitrogens with one attached hydrogen (secondary N) is 1. The van der Waals surface area contributed by atoms with Crippen molar-refractivity contribution in [3.8, 4) is 5.88 Å². The number of halogens is 1. The molecular weight excluding hydrogens is 310 g/mol. The Morgan fingerprint density at radius 1 is 1.33 bits per heavy atom. The molecule has 5 nitrogen and oxygen atoms in total. The number of nitrogens with zero attached hydrogens (tertiary/aromatic N) is 2. The molecule has 7 heteroatoms. The van der Waals surface area contributed by atoms with E-state index in [1.807, 2.05) is 13.8 Å². The van der Waals surface area contributed by atoms with Crippen LogP contribution in [0.2, 0.25) is 0 Å². The van der Waals surface area contributed by atoms with Crippen LogP contribution in [0.5, 0.6) is 5.88 Å². The zero-order chi connectivity index (χ0) is 15.1. The van der Waals surface area contributed by atoms with Crippen LogP contribution in [0.3, 0.4) is 0 Å². The maximum Gasteiger partial charge on any atom is 0.258 e. The average molecular weight is 336 g/mol. The first-order chi connectivity index (χ1) is 9.47. The van der Waals surface area contributed by atoms with Crippen LogP contribution in [0.4, 0.5) is 0 Å². The van der Waals surface area contributed by atoms with E-state index in [0.29, 0.717) is 23.1 Å². The summed E-state index contributed by atoms with van der Waals surface area (Å²) < 4.78 is 0. The van der Waals surface area contributed by atoms with Gasteiger partial charge in [0.25, 0.3) is 5.56 Å². The molecule has 1 rings (SSSR count). The highest BCUT2D eigenvalue weighted by Gasteiger charge is 2.12. The van der Waals surface area contributed by atoms with Crippen LogP contribution >= 0.6 is 24.2 Å². The first-order valence-electron chi connectivity index (χ1n) is 7.15. The summed E-state index contributed by atoms with van der Waals surface area (Å²) in [5.41, 5.74) is 0.157. The van der Waals surface area contributed by atoms with Crippen LogP contribution < -0.4 is 5.56 Å². The van der Waals surface area contributed by atoms with Crippen LogP contribution in [0.15, 0.2) is 9.95 Å². The molecule has 0 saturated carbocycles. The van der Waals surface area contributed by atoms with Crippen LogP contribution in [0.1, 0.15) is 33.3 Å². The molecule has 0 atom stereocenters. The summed E-state index contributed by atoms with van der Waals surface area (Å²) in [6, 6.07) is 0. The van der Waals surface area contributed by atoms with Gasteiger partial charge in [-0.2, -0.15) is 4.98 Å². The van der Waals surface area contributed by atoms with E-state index in [-0.39, 0.29) is 23.8 Å². The molecule has 0 fully saturated rings. The Hall–Kier alpha value is -0.720. The fourth-order valence-electron chi connectivity index (χ4n) is 1.94.